The monoisotopic (exact) mass is 276 g/mol. The van der Waals surface area contributed by atoms with Crippen molar-refractivity contribution < 1.29 is 13.6 Å². The van der Waals surface area contributed by atoms with Crippen LogP contribution in [0.25, 0.3) is 0 Å². The SMILES string of the molecule is CCC(C)C(O[Si](C)(C)C)C(=O)O[Si](C)(C)C. The second kappa shape index (κ2) is 6.15. The van der Waals surface area contributed by atoms with Crippen LogP contribution in [0.1, 0.15) is 20.3 Å². The molecule has 0 radical (unpaired) electrons. The summed E-state index contributed by atoms with van der Waals surface area (Å²) in [6.07, 6.45) is 0.536. The van der Waals surface area contributed by atoms with Crippen LogP contribution in [-0.2, 0) is 13.6 Å². The number of hydrogen-bond donors (Lipinski definition) is 0. The fourth-order valence-electron chi connectivity index (χ4n) is 1.35. The van der Waals surface area contributed by atoms with Crippen molar-refractivity contribution in [1.82, 2.24) is 0 Å². The fraction of sp³-hybridized carbons (Fsp3) is 0.917. The molecule has 0 aromatic heterocycles. The third-order valence-corrected chi connectivity index (χ3v) is 4.05. The molecule has 0 heterocycles. The van der Waals surface area contributed by atoms with Gasteiger partial charge in [0.05, 0.1) is 0 Å². The molecule has 3 nitrogen and oxygen atoms in total. The van der Waals surface area contributed by atoms with Gasteiger partial charge in [-0.15, -0.1) is 0 Å². The molecule has 0 bridgehead atoms. The van der Waals surface area contributed by atoms with Gasteiger partial charge in [0.15, 0.2) is 8.32 Å². The highest BCUT2D eigenvalue weighted by Crippen LogP contribution is 2.20. The number of carbonyl (C=O) groups is 1. The van der Waals surface area contributed by atoms with E-state index in [1.165, 1.54) is 0 Å². The Hall–Kier alpha value is -0.136. The minimum Gasteiger partial charge on any atom is -0.518 e. The lowest BCUT2D eigenvalue weighted by atomic mass is 10.0. The highest BCUT2D eigenvalue weighted by Gasteiger charge is 2.34. The van der Waals surface area contributed by atoms with Gasteiger partial charge < -0.3 is 8.85 Å². The largest absolute Gasteiger partial charge is 0.518 e. The topological polar surface area (TPSA) is 35.5 Å². The van der Waals surface area contributed by atoms with Crippen molar-refractivity contribution in [3.8, 4) is 0 Å². The first-order valence-corrected chi connectivity index (χ1v) is 13.2. The molecule has 5 heteroatoms. The van der Waals surface area contributed by atoms with Gasteiger partial charge in [-0.05, 0) is 45.2 Å². The van der Waals surface area contributed by atoms with Crippen molar-refractivity contribution in [2.45, 2.75) is 65.7 Å². The van der Waals surface area contributed by atoms with Gasteiger partial charge in [0.1, 0.15) is 6.10 Å². The Kier molecular flexibility index (Phi) is 6.11. The molecule has 2 unspecified atom stereocenters. The van der Waals surface area contributed by atoms with Gasteiger partial charge in [-0.3, -0.25) is 4.79 Å². The van der Waals surface area contributed by atoms with Crippen LogP contribution < -0.4 is 0 Å². The lowest BCUT2D eigenvalue weighted by Crippen LogP contribution is -2.44. The Bertz CT molecular complexity index is 253. The van der Waals surface area contributed by atoms with Crippen molar-refractivity contribution in [1.29, 1.82) is 0 Å². The van der Waals surface area contributed by atoms with E-state index in [-0.39, 0.29) is 11.9 Å². The van der Waals surface area contributed by atoms with Gasteiger partial charge in [-0.25, -0.2) is 0 Å². The van der Waals surface area contributed by atoms with Crippen molar-refractivity contribution in [2.24, 2.45) is 5.92 Å². The van der Waals surface area contributed by atoms with E-state index in [2.05, 4.69) is 33.5 Å². The molecule has 2 atom stereocenters. The predicted octanol–water partition coefficient (Wildman–Crippen LogP) is 3.63. The maximum atomic E-state index is 12.1. The Morgan fingerprint density at radius 3 is 1.82 bits per heavy atom. The molecule has 0 fully saturated rings. The molecular weight excluding hydrogens is 248 g/mol. The summed E-state index contributed by atoms with van der Waals surface area (Å²) in [6.45, 7) is 16.5. The zero-order valence-corrected chi connectivity index (χ0v) is 14.6. The van der Waals surface area contributed by atoms with Crippen LogP contribution in [0, 0.1) is 5.92 Å². The van der Waals surface area contributed by atoms with Gasteiger partial charge in [0.2, 0.25) is 8.32 Å². The number of rotatable bonds is 6. The van der Waals surface area contributed by atoms with Gasteiger partial charge in [-0.2, -0.15) is 0 Å². The molecule has 0 spiro atoms. The summed E-state index contributed by atoms with van der Waals surface area (Å²) >= 11 is 0. The Labute approximate surface area is 108 Å². The van der Waals surface area contributed by atoms with Crippen LogP contribution >= 0.6 is 0 Å². The van der Waals surface area contributed by atoms with Crippen molar-refractivity contribution in [3.63, 3.8) is 0 Å². The van der Waals surface area contributed by atoms with Crippen molar-refractivity contribution in [2.75, 3.05) is 0 Å². The molecule has 102 valence electrons. The molecule has 0 saturated carbocycles. The average Bonchev–Trinajstić information content (AvgIpc) is 2.08. The van der Waals surface area contributed by atoms with Gasteiger partial charge in [0, 0.05) is 0 Å². The summed E-state index contributed by atoms with van der Waals surface area (Å²) in [7, 11) is -3.55. The first kappa shape index (κ1) is 16.9. The standard InChI is InChI=1S/C12H28O3Si2/c1-9-10(2)11(14-16(3,4)5)12(13)15-17(6,7)8/h10-11H,9H2,1-8H3. The summed E-state index contributed by atoms with van der Waals surface area (Å²) in [5.74, 6) is 0.0477. The zero-order valence-electron chi connectivity index (χ0n) is 12.6. The maximum absolute atomic E-state index is 12.1. The molecule has 0 rings (SSSR count). The quantitative estimate of drug-likeness (QED) is 0.695. The Morgan fingerprint density at radius 2 is 1.53 bits per heavy atom. The molecule has 0 aliphatic rings. The molecular formula is C12H28O3Si2. The van der Waals surface area contributed by atoms with Gasteiger partial charge in [-0.1, -0.05) is 20.3 Å². The van der Waals surface area contributed by atoms with E-state index in [0.29, 0.717) is 0 Å². The van der Waals surface area contributed by atoms with E-state index < -0.39 is 22.7 Å². The summed E-state index contributed by atoms with van der Waals surface area (Å²) < 4.78 is 11.6. The van der Waals surface area contributed by atoms with E-state index >= 15 is 0 Å². The first-order valence-electron chi connectivity index (χ1n) is 6.37. The normalized spacial score (nSPS) is 16.5. The molecule has 0 amide bonds. The molecule has 0 aliphatic carbocycles. The van der Waals surface area contributed by atoms with E-state index in [0.717, 1.165) is 6.42 Å². The lowest BCUT2D eigenvalue weighted by Gasteiger charge is -2.31. The average molecular weight is 277 g/mol. The van der Waals surface area contributed by atoms with Crippen molar-refractivity contribution >= 4 is 22.6 Å². The molecule has 17 heavy (non-hydrogen) atoms. The third kappa shape index (κ3) is 7.73. The summed E-state index contributed by atoms with van der Waals surface area (Å²) in [6, 6.07) is 0. The molecule has 0 aromatic rings. The van der Waals surface area contributed by atoms with Gasteiger partial charge >= 0.3 is 5.97 Å². The van der Waals surface area contributed by atoms with E-state index in [4.69, 9.17) is 8.85 Å². The Balaban J connectivity index is 4.75. The van der Waals surface area contributed by atoms with Crippen LogP contribution in [-0.4, -0.2) is 28.7 Å². The number of carbonyl (C=O) groups excluding carboxylic acids is 1. The Morgan fingerprint density at radius 1 is 1.06 bits per heavy atom. The summed E-state index contributed by atoms with van der Waals surface area (Å²) in [5.41, 5.74) is 0. The second-order valence-corrected chi connectivity index (χ2v) is 15.5. The van der Waals surface area contributed by atoms with Crippen molar-refractivity contribution in [3.05, 3.63) is 0 Å². The zero-order chi connectivity index (χ0) is 13.9. The predicted molar refractivity (Wildman–Crippen MR) is 77.1 cm³/mol. The van der Waals surface area contributed by atoms with Gasteiger partial charge in [0.25, 0.3) is 0 Å². The fourth-order valence-corrected chi connectivity index (χ4v) is 3.16. The molecule has 0 aliphatic heterocycles. The first-order chi connectivity index (χ1) is 7.46. The van der Waals surface area contributed by atoms with Crippen LogP contribution in [0.5, 0.6) is 0 Å². The lowest BCUT2D eigenvalue weighted by molar-refractivity contribution is -0.146. The smallest absolute Gasteiger partial charge is 0.320 e. The van der Waals surface area contributed by atoms with Crippen LogP contribution in [0.2, 0.25) is 39.3 Å². The summed E-state index contributed by atoms with van der Waals surface area (Å²) in [5, 5.41) is 0. The van der Waals surface area contributed by atoms with E-state index in [9.17, 15) is 4.79 Å². The van der Waals surface area contributed by atoms with Crippen LogP contribution in [0.3, 0.4) is 0 Å². The van der Waals surface area contributed by atoms with E-state index in [1.807, 2.05) is 19.6 Å². The number of hydrogen-bond acceptors (Lipinski definition) is 3. The highest BCUT2D eigenvalue weighted by molar-refractivity contribution is 6.71. The van der Waals surface area contributed by atoms with E-state index in [1.54, 1.807) is 0 Å². The minimum atomic E-state index is -1.83. The van der Waals surface area contributed by atoms with Crippen LogP contribution in [0.4, 0.5) is 0 Å². The maximum Gasteiger partial charge on any atom is 0.320 e. The third-order valence-electron chi connectivity index (χ3n) is 2.28. The highest BCUT2D eigenvalue weighted by atomic mass is 28.4. The molecule has 0 aromatic carbocycles. The van der Waals surface area contributed by atoms with Crippen LogP contribution in [0.15, 0.2) is 0 Å². The molecule has 0 N–H and O–H groups in total. The second-order valence-electron chi connectivity index (χ2n) is 6.57. The summed E-state index contributed by atoms with van der Waals surface area (Å²) in [4.78, 5) is 12.1. The molecule has 0 saturated heterocycles. The minimum absolute atomic E-state index is 0.166.